The van der Waals surface area contributed by atoms with Crippen LogP contribution in [0.1, 0.15) is 16.1 Å². The third kappa shape index (κ3) is 3.50. The van der Waals surface area contributed by atoms with Crippen LogP contribution in [0.25, 0.3) is 0 Å². The Morgan fingerprint density at radius 2 is 1.91 bits per heavy atom. The highest BCUT2D eigenvalue weighted by atomic mass is 19.4. The molecule has 22 heavy (non-hydrogen) atoms. The zero-order valence-electron chi connectivity index (χ0n) is 10.7. The predicted octanol–water partition coefficient (Wildman–Crippen LogP) is 1.57. The number of aromatic nitrogens is 3. The molecule has 5 N–H and O–H groups in total. The Labute approximate surface area is 120 Å². The van der Waals surface area contributed by atoms with E-state index >= 15 is 0 Å². The van der Waals surface area contributed by atoms with Gasteiger partial charge in [-0.05, 0) is 18.2 Å². The fourth-order valence-corrected chi connectivity index (χ4v) is 1.53. The van der Waals surface area contributed by atoms with Crippen LogP contribution < -0.4 is 16.4 Å². The fraction of sp³-hybridized carbons (Fsp3) is 0.0909. The lowest BCUT2D eigenvalue weighted by Gasteiger charge is -2.10. The van der Waals surface area contributed by atoms with Crippen molar-refractivity contribution in [3.8, 4) is 0 Å². The quantitative estimate of drug-likeness (QED) is 0.686. The fourth-order valence-electron chi connectivity index (χ4n) is 1.53. The van der Waals surface area contributed by atoms with Gasteiger partial charge in [-0.3, -0.25) is 10.1 Å². The third-order valence-corrected chi connectivity index (χ3v) is 2.46. The van der Waals surface area contributed by atoms with Crippen LogP contribution in [-0.4, -0.2) is 27.3 Å². The van der Waals surface area contributed by atoms with Crippen LogP contribution in [0.4, 0.5) is 29.5 Å². The van der Waals surface area contributed by atoms with Crippen LogP contribution >= 0.6 is 0 Å². The Balaban J connectivity index is 2.09. The minimum absolute atomic E-state index is 0.0866. The molecule has 0 fully saturated rings. The number of aromatic amines is 1. The van der Waals surface area contributed by atoms with Crippen LogP contribution in [0.3, 0.4) is 0 Å². The Hall–Kier alpha value is -3.11. The number of halogens is 3. The maximum atomic E-state index is 12.6. The summed E-state index contributed by atoms with van der Waals surface area (Å²) in [7, 11) is 0. The number of alkyl halides is 3. The molecular formula is C11H9F3N6O2. The lowest BCUT2D eigenvalue weighted by atomic mass is 10.2. The highest BCUT2D eigenvalue weighted by Gasteiger charge is 2.30. The van der Waals surface area contributed by atoms with Crippen LogP contribution in [0.5, 0.6) is 0 Å². The molecule has 0 spiro atoms. The van der Waals surface area contributed by atoms with Crippen molar-refractivity contribution in [2.24, 2.45) is 5.73 Å². The number of carbonyl (C=O) groups excluding carboxylic acids is 2. The molecule has 0 radical (unpaired) electrons. The largest absolute Gasteiger partial charge is 0.416 e. The average Bonchev–Trinajstić information content (AvgIpc) is 2.86. The first-order chi connectivity index (χ1) is 10.3. The van der Waals surface area contributed by atoms with Gasteiger partial charge in [-0.25, -0.2) is 4.79 Å². The molecule has 2 aromatic rings. The molecule has 2 rings (SSSR count). The molecule has 0 aliphatic rings. The van der Waals surface area contributed by atoms with Gasteiger partial charge in [0.15, 0.2) is 11.5 Å². The van der Waals surface area contributed by atoms with Crippen molar-refractivity contribution in [1.29, 1.82) is 0 Å². The first kappa shape index (κ1) is 15.3. The molecule has 0 aliphatic carbocycles. The molecule has 0 atom stereocenters. The van der Waals surface area contributed by atoms with Gasteiger partial charge in [-0.1, -0.05) is 6.07 Å². The second-order valence-electron chi connectivity index (χ2n) is 4.04. The van der Waals surface area contributed by atoms with Crippen molar-refractivity contribution in [2.45, 2.75) is 6.18 Å². The zero-order chi connectivity index (χ0) is 16.3. The number of nitrogens with two attached hydrogens (primary N) is 1. The van der Waals surface area contributed by atoms with Gasteiger partial charge in [0.2, 0.25) is 0 Å². The maximum absolute atomic E-state index is 12.6. The molecule has 1 heterocycles. The van der Waals surface area contributed by atoms with Crippen molar-refractivity contribution in [3.05, 3.63) is 35.5 Å². The Morgan fingerprint density at radius 1 is 1.18 bits per heavy atom. The van der Waals surface area contributed by atoms with Gasteiger partial charge < -0.3 is 11.1 Å². The highest BCUT2D eigenvalue weighted by Crippen LogP contribution is 2.30. The van der Waals surface area contributed by atoms with E-state index in [1.807, 2.05) is 0 Å². The monoisotopic (exact) mass is 314 g/mol. The van der Waals surface area contributed by atoms with Crippen LogP contribution in [0.2, 0.25) is 0 Å². The second kappa shape index (κ2) is 5.71. The number of H-pyrrole nitrogens is 1. The van der Waals surface area contributed by atoms with Crippen molar-refractivity contribution < 1.29 is 22.8 Å². The maximum Gasteiger partial charge on any atom is 0.416 e. The minimum Gasteiger partial charge on any atom is -0.364 e. The summed E-state index contributed by atoms with van der Waals surface area (Å²) in [5.74, 6) is -1.17. The van der Waals surface area contributed by atoms with E-state index in [2.05, 4.69) is 26.0 Å². The van der Waals surface area contributed by atoms with Crippen molar-refractivity contribution in [1.82, 2.24) is 15.4 Å². The Bertz CT molecular complexity index is 712. The van der Waals surface area contributed by atoms with Gasteiger partial charge in [-0.15, -0.1) is 10.2 Å². The first-order valence-electron chi connectivity index (χ1n) is 5.73. The Kier molecular flexibility index (Phi) is 3.97. The molecule has 0 saturated heterocycles. The van der Waals surface area contributed by atoms with Crippen molar-refractivity contribution in [3.63, 3.8) is 0 Å². The normalized spacial score (nSPS) is 11.0. The molecule has 8 nitrogen and oxygen atoms in total. The van der Waals surface area contributed by atoms with Crippen LogP contribution in [-0.2, 0) is 6.18 Å². The summed E-state index contributed by atoms with van der Waals surface area (Å²) in [6.45, 7) is 0. The summed E-state index contributed by atoms with van der Waals surface area (Å²) in [6, 6.07) is 3.13. The molecule has 0 unspecified atom stereocenters. The number of carbonyl (C=O) groups is 2. The van der Waals surface area contributed by atoms with Crippen LogP contribution in [0, 0.1) is 0 Å². The zero-order valence-corrected chi connectivity index (χ0v) is 10.7. The summed E-state index contributed by atoms with van der Waals surface area (Å²) >= 11 is 0. The molecule has 0 saturated carbocycles. The van der Waals surface area contributed by atoms with E-state index in [0.717, 1.165) is 18.2 Å². The lowest BCUT2D eigenvalue weighted by molar-refractivity contribution is -0.137. The summed E-state index contributed by atoms with van der Waals surface area (Å²) in [6.07, 6.45) is -4.53. The van der Waals surface area contributed by atoms with Gasteiger partial charge in [-0.2, -0.15) is 18.4 Å². The van der Waals surface area contributed by atoms with Gasteiger partial charge in [0.05, 0.1) is 5.56 Å². The number of benzene rings is 1. The van der Waals surface area contributed by atoms with Crippen molar-refractivity contribution >= 4 is 23.4 Å². The number of primary amides is 1. The van der Waals surface area contributed by atoms with E-state index in [-0.39, 0.29) is 17.2 Å². The van der Waals surface area contributed by atoms with E-state index in [0.29, 0.717) is 0 Å². The molecule has 1 aromatic carbocycles. The van der Waals surface area contributed by atoms with E-state index in [9.17, 15) is 22.8 Å². The highest BCUT2D eigenvalue weighted by molar-refractivity contribution is 6.04. The van der Waals surface area contributed by atoms with E-state index in [1.54, 1.807) is 0 Å². The van der Waals surface area contributed by atoms with Gasteiger partial charge in [0.25, 0.3) is 5.91 Å². The number of amides is 3. The Morgan fingerprint density at radius 3 is 2.55 bits per heavy atom. The third-order valence-electron chi connectivity index (χ3n) is 2.46. The number of nitrogens with zero attached hydrogens (tertiary/aromatic N) is 2. The number of urea groups is 1. The predicted molar refractivity (Wildman–Crippen MR) is 69.0 cm³/mol. The van der Waals surface area contributed by atoms with E-state index < -0.39 is 23.7 Å². The van der Waals surface area contributed by atoms with Gasteiger partial charge in [0, 0.05) is 5.69 Å². The summed E-state index contributed by atoms with van der Waals surface area (Å²) < 4.78 is 37.7. The number of nitrogens with one attached hydrogen (secondary N) is 3. The van der Waals surface area contributed by atoms with Gasteiger partial charge >= 0.3 is 12.2 Å². The van der Waals surface area contributed by atoms with Crippen molar-refractivity contribution in [2.75, 3.05) is 10.6 Å². The minimum atomic E-state index is -4.53. The SMILES string of the molecule is NC(=O)c1n[nH]nc1NC(=O)Nc1cccc(C(F)(F)F)c1. The number of rotatable bonds is 3. The molecule has 116 valence electrons. The summed E-state index contributed by atoms with van der Waals surface area (Å²) in [5, 5.41) is 13.3. The van der Waals surface area contributed by atoms with E-state index in [1.165, 1.54) is 6.07 Å². The van der Waals surface area contributed by atoms with E-state index in [4.69, 9.17) is 5.73 Å². The average molecular weight is 314 g/mol. The molecule has 1 aromatic heterocycles. The number of anilines is 2. The topological polar surface area (TPSA) is 126 Å². The molecular weight excluding hydrogens is 305 g/mol. The molecule has 0 bridgehead atoms. The summed E-state index contributed by atoms with van der Waals surface area (Å²) in [4.78, 5) is 22.7. The number of hydrogen-bond acceptors (Lipinski definition) is 4. The standard InChI is InChI=1S/C11H9F3N6O2/c12-11(13,14)5-2-1-3-6(4-5)16-10(22)17-9-7(8(15)21)18-20-19-9/h1-4H,(H2,15,21)(H3,16,17,18,19,20,22). The smallest absolute Gasteiger partial charge is 0.364 e. The lowest BCUT2D eigenvalue weighted by Crippen LogP contribution is -2.22. The molecule has 3 amide bonds. The van der Waals surface area contributed by atoms with Crippen LogP contribution in [0.15, 0.2) is 24.3 Å². The first-order valence-corrected chi connectivity index (χ1v) is 5.73. The summed E-state index contributed by atoms with van der Waals surface area (Å²) in [5.41, 5.74) is 3.69. The molecule has 0 aliphatic heterocycles. The van der Waals surface area contributed by atoms with Gasteiger partial charge in [0.1, 0.15) is 0 Å². The second-order valence-corrected chi connectivity index (χ2v) is 4.04. The number of hydrogen-bond donors (Lipinski definition) is 4. The molecule has 11 heteroatoms.